The summed E-state index contributed by atoms with van der Waals surface area (Å²) in [6, 6.07) is -0.867. The van der Waals surface area contributed by atoms with Crippen LogP contribution in [-0.4, -0.2) is 87.4 Å². The van der Waals surface area contributed by atoms with Gasteiger partial charge in [0.15, 0.2) is 21.8 Å². The fourth-order valence-corrected chi connectivity index (χ4v) is 4.89. The van der Waals surface area contributed by atoms with E-state index in [1.54, 1.807) is 6.92 Å². The highest BCUT2D eigenvalue weighted by molar-refractivity contribution is 7.17. The molecule has 1 saturated heterocycles. The van der Waals surface area contributed by atoms with Gasteiger partial charge in [-0.1, -0.05) is 29.9 Å². The molecule has 0 aromatic carbocycles. The molecule has 0 spiro atoms. The normalized spacial score (nSPS) is 18.8. The van der Waals surface area contributed by atoms with Crippen LogP contribution in [0.2, 0.25) is 5.15 Å². The molecule has 3 heterocycles. The van der Waals surface area contributed by atoms with Crippen LogP contribution in [0.4, 0.5) is 5.13 Å². The van der Waals surface area contributed by atoms with E-state index in [0.29, 0.717) is 43.4 Å². The number of amides is 2. The van der Waals surface area contributed by atoms with Crippen molar-refractivity contribution in [3.8, 4) is 0 Å². The zero-order valence-electron chi connectivity index (χ0n) is 19.6. The molecular weight excluding hydrogens is 500 g/mol. The molecule has 2 amide bonds. The number of anilines is 1. The van der Waals surface area contributed by atoms with Gasteiger partial charge in [0, 0.05) is 25.7 Å². The first-order chi connectivity index (χ1) is 16.7. The molecule has 14 heteroatoms. The Morgan fingerprint density at radius 3 is 2.66 bits per heavy atom. The number of imidazole rings is 1. The van der Waals surface area contributed by atoms with Crippen LogP contribution in [0.15, 0.2) is 0 Å². The van der Waals surface area contributed by atoms with Gasteiger partial charge in [0.2, 0.25) is 0 Å². The predicted octanol–water partition coefficient (Wildman–Crippen LogP) is 1.30. The zero-order valence-corrected chi connectivity index (χ0v) is 21.2. The number of aliphatic hydroxyl groups excluding tert-OH is 1. The monoisotopic (exact) mass is 528 g/mol. The van der Waals surface area contributed by atoms with Gasteiger partial charge in [-0.15, -0.1) is 0 Å². The third kappa shape index (κ3) is 6.28. The molecule has 0 saturated carbocycles. The summed E-state index contributed by atoms with van der Waals surface area (Å²) < 4.78 is 5.87. The molecule has 3 unspecified atom stereocenters. The number of H-pyrrole nitrogens is 1. The quantitative estimate of drug-likeness (QED) is 0.305. The first-order valence-electron chi connectivity index (χ1n) is 11.3. The lowest BCUT2D eigenvalue weighted by molar-refractivity contribution is 0.0271. The van der Waals surface area contributed by atoms with Crippen molar-refractivity contribution in [3.63, 3.8) is 0 Å². The summed E-state index contributed by atoms with van der Waals surface area (Å²) in [5.74, 6) is -2.20. The maximum Gasteiger partial charge on any atom is 0.348 e. The Morgan fingerprint density at radius 2 is 2.06 bits per heavy atom. The number of hydrogen-bond donors (Lipinski definition) is 5. The van der Waals surface area contributed by atoms with Crippen molar-refractivity contribution in [2.75, 3.05) is 31.2 Å². The van der Waals surface area contributed by atoms with Gasteiger partial charge in [-0.3, -0.25) is 9.59 Å². The number of carboxylic acid groups (broad SMARTS) is 1. The minimum Gasteiger partial charge on any atom is -0.477 e. The molecule has 1 aliphatic rings. The summed E-state index contributed by atoms with van der Waals surface area (Å²) >= 11 is 6.95. The van der Waals surface area contributed by atoms with E-state index in [9.17, 15) is 24.6 Å². The van der Waals surface area contributed by atoms with Gasteiger partial charge in [0.05, 0.1) is 24.4 Å². The summed E-state index contributed by atoms with van der Waals surface area (Å²) in [6.45, 7) is 6.24. The second-order valence-electron chi connectivity index (χ2n) is 8.05. The zero-order chi connectivity index (χ0) is 25.7. The lowest BCUT2D eigenvalue weighted by Crippen LogP contribution is -2.55. The second-order valence-corrected chi connectivity index (χ2v) is 9.39. The Hall–Kier alpha value is -2.74. The fourth-order valence-electron chi connectivity index (χ4n) is 3.69. The average Bonchev–Trinajstić information content (AvgIpc) is 3.44. The molecule has 5 N–H and O–H groups in total. The molecule has 2 aromatic heterocycles. The van der Waals surface area contributed by atoms with Gasteiger partial charge < -0.3 is 35.5 Å². The molecule has 0 aliphatic carbocycles. The summed E-state index contributed by atoms with van der Waals surface area (Å²) in [4.78, 5) is 49.9. The SMILES string of the molecule is CCOC1CN(c2nc(C(=O)NC(C)CO)c(C(=O)O)s2)CCC1NC(=O)c1nc(Cl)c(CC)[nH]1. The van der Waals surface area contributed by atoms with E-state index in [2.05, 4.69) is 25.6 Å². The highest BCUT2D eigenvalue weighted by Gasteiger charge is 2.34. The number of hydrogen-bond acceptors (Lipinski definition) is 9. The van der Waals surface area contributed by atoms with Crippen molar-refractivity contribution in [1.29, 1.82) is 0 Å². The van der Waals surface area contributed by atoms with E-state index in [1.807, 2.05) is 18.7 Å². The maximum absolute atomic E-state index is 12.7. The van der Waals surface area contributed by atoms with Crippen LogP contribution in [0.5, 0.6) is 0 Å². The van der Waals surface area contributed by atoms with Crippen LogP contribution in [0, 0.1) is 0 Å². The largest absolute Gasteiger partial charge is 0.477 e. The summed E-state index contributed by atoms with van der Waals surface area (Å²) in [7, 11) is 0. The fraction of sp³-hybridized carbons (Fsp3) is 0.571. The Morgan fingerprint density at radius 1 is 1.31 bits per heavy atom. The number of aromatic carboxylic acids is 1. The van der Waals surface area contributed by atoms with Gasteiger partial charge in [-0.25, -0.2) is 14.8 Å². The number of aromatic nitrogens is 3. The van der Waals surface area contributed by atoms with E-state index in [0.717, 1.165) is 11.3 Å². The van der Waals surface area contributed by atoms with Crippen molar-refractivity contribution in [2.45, 2.75) is 51.8 Å². The van der Waals surface area contributed by atoms with Crippen LogP contribution >= 0.6 is 22.9 Å². The first-order valence-corrected chi connectivity index (χ1v) is 12.4. The van der Waals surface area contributed by atoms with E-state index >= 15 is 0 Å². The lowest BCUT2D eigenvalue weighted by atomic mass is 10.0. The average molecular weight is 529 g/mol. The number of carboxylic acids is 1. The third-order valence-electron chi connectivity index (χ3n) is 5.50. The van der Waals surface area contributed by atoms with Crippen LogP contribution in [-0.2, 0) is 11.2 Å². The lowest BCUT2D eigenvalue weighted by Gasteiger charge is -2.38. The van der Waals surface area contributed by atoms with Gasteiger partial charge in [-0.05, 0) is 26.7 Å². The Kier molecular flexibility index (Phi) is 9.05. The van der Waals surface area contributed by atoms with Crippen LogP contribution in [0.25, 0.3) is 0 Å². The number of nitrogens with one attached hydrogen (secondary N) is 3. The van der Waals surface area contributed by atoms with Crippen molar-refractivity contribution < 1.29 is 29.3 Å². The smallest absolute Gasteiger partial charge is 0.348 e. The number of aryl methyl sites for hydroxylation is 1. The van der Waals surface area contributed by atoms with E-state index in [-0.39, 0.29) is 34.2 Å². The molecule has 0 bridgehead atoms. The van der Waals surface area contributed by atoms with Crippen molar-refractivity contribution in [3.05, 3.63) is 27.2 Å². The van der Waals surface area contributed by atoms with Crippen LogP contribution < -0.4 is 15.5 Å². The van der Waals surface area contributed by atoms with Crippen LogP contribution in [0.3, 0.4) is 0 Å². The molecule has 192 valence electrons. The molecule has 2 aromatic rings. The summed E-state index contributed by atoms with van der Waals surface area (Å²) in [6.07, 6.45) is 0.707. The number of carbonyl (C=O) groups excluding carboxylic acids is 2. The second kappa shape index (κ2) is 11.8. The minimum absolute atomic E-state index is 0.128. The molecular formula is C21H29ClN6O6S. The number of aliphatic hydroxyl groups is 1. The van der Waals surface area contributed by atoms with Crippen molar-refractivity contribution in [1.82, 2.24) is 25.6 Å². The van der Waals surface area contributed by atoms with E-state index in [1.165, 1.54) is 0 Å². The van der Waals surface area contributed by atoms with Gasteiger partial charge >= 0.3 is 5.97 Å². The highest BCUT2D eigenvalue weighted by Crippen LogP contribution is 2.30. The first kappa shape index (κ1) is 26.9. The standard InChI is InChI=1S/C21H29ClN6O6S/c1-4-11-16(22)27-17(24-11)19(31)25-12-6-7-28(8-13(12)34-5-2)21-26-14(15(35-21)20(32)33)18(30)23-10(3)9-29/h10,12-13,29H,4-9H2,1-3H3,(H,23,30)(H,24,27)(H,25,31)(H,32,33). The number of carbonyl (C=O) groups is 3. The van der Waals surface area contributed by atoms with Gasteiger partial charge in [0.25, 0.3) is 11.8 Å². The van der Waals surface area contributed by atoms with Gasteiger partial charge in [0.1, 0.15) is 4.88 Å². The Balaban J connectivity index is 1.75. The molecule has 0 radical (unpaired) electrons. The predicted molar refractivity (Wildman–Crippen MR) is 130 cm³/mol. The van der Waals surface area contributed by atoms with E-state index in [4.69, 9.17) is 16.3 Å². The number of nitrogens with zero attached hydrogens (tertiary/aromatic N) is 3. The van der Waals surface area contributed by atoms with E-state index < -0.39 is 29.9 Å². The number of thiazole rings is 1. The Labute approximate surface area is 211 Å². The molecule has 3 rings (SSSR count). The Bertz CT molecular complexity index is 1070. The maximum atomic E-state index is 12.7. The van der Waals surface area contributed by atoms with Crippen molar-refractivity contribution >= 4 is 45.9 Å². The molecule has 1 fully saturated rings. The highest BCUT2D eigenvalue weighted by atomic mass is 35.5. The third-order valence-corrected chi connectivity index (χ3v) is 6.92. The number of aromatic amines is 1. The van der Waals surface area contributed by atoms with Crippen LogP contribution in [0.1, 0.15) is 63.7 Å². The summed E-state index contributed by atoms with van der Waals surface area (Å²) in [5, 5.41) is 24.8. The molecule has 12 nitrogen and oxygen atoms in total. The summed E-state index contributed by atoms with van der Waals surface area (Å²) in [5.41, 5.74) is 0.474. The minimum atomic E-state index is -1.26. The number of rotatable bonds is 10. The topological polar surface area (TPSA) is 170 Å². The van der Waals surface area contributed by atoms with Crippen molar-refractivity contribution in [2.24, 2.45) is 0 Å². The van der Waals surface area contributed by atoms with Gasteiger partial charge in [-0.2, -0.15) is 0 Å². The molecule has 3 atom stereocenters. The number of ether oxygens (including phenoxy) is 1. The molecule has 1 aliphatic heterocycles. The number of halogens is 1. The molecule has 35 heavy (non-hydrogen) atoms. The number of piperidine rings is 1.